The number of carbonyl (C=O) groups is 2. The van der Waals surface area contributed by atoms with Gasteiger partial charge in [0.1, 0.15) is 5.82 Å². The summed E-state index contributed by atoms with van der Waals surface area (Å²) < 4.78 is 18.1. The topological polar surface area (TPSA) is 59.5 Å². The van der Waals surface area contributed by atoms with Gasteiger partial charge in [0.25, 0.3) is 5.91 Å². The first-order valence-electron chi connectivity index (χ1n) is 9.25. The molecule has 7 heteroatoms. The summed E-state index contributed by atoms with van der Waals surface area (Å²) in [5.41, 5.74) is 4.54. The first kappa shape index (κ1) is 19.3. The van der Waals surface area contributed by atoms with E-state index in [1.165, 1.54) is 24.3 Å². The molecule has 1 aromatic heterocycles. The van der Waals surface area contributed by atoms with E-state index in [9.17, 15) is 14.0 Å². The molecule has 2 heterocycles. The molecule has 1 aliphatic rings. The Hall–Kier alpha value is -3.06. The largest absolute Gasteiger partial charge is 0.455 e. The molecule has 4 rings (SSSR count). The summed E-state index contributed by atoms with van der Waals surface area (Å²) >= 11 is 1.61. The number of halogens is 1. The second kappa shape index (κ2) is 8.13. The maximum Gasteiger partial charge on any atom is 0.310 e. The number of thiazole rings is 1. The molecular weight excluding hydrogens is 391 g/mol. The van der Waals surface area contributed by atoms with Gasteiger partial charge in [-0.25, -0.2) is 9.37 Å². The number of anilines is 1. The maximum atomic E-state index is 12.9. The molecule has 0 radical (unpaired) electrons. The van der Waals surface area contributed by atoms with Crippen molar-refractivity contribution in [1.29, 1.82) is 0 Å². The molecule has 5 nitrogen and oxygen atoms in total. The Morgan fingerprint density at radius 1 is 1.21 bits per heavy atom. The highest BCUT2D eigenvalue weighted by atomic mass is 32.1. The lowest BCUT2D eigenvalue weighted by Crippen LogP contribution is -2.33. The number of benzene rings is 2. The van der Waals surface area contributed by atoms with Crippen LogP contribution in [0.4, 0.5) is 10.1 Å². The molecule has 2 aromatic carbocycles. The number of esters is 1. The van der Waals surface area contributed by atoms with Gasteiger partial charge >= 0.3 is 5.97 Å². The lowest BCUT2D eigenvalue weighted by atomic mass is 10.1. The number of nitrogens with zero attached hydrogens (tertiary/aromatic N) is 2. The molecule has 0 saturated heterocycles. The highest BCUT2D eigenvalue weighted by Gasteiger charge is 2.26. The summed E-state index contributed by atoms with van der Waals surface area (Å²) in [4.78, 5) is 30.7. The average Bonchev–Trinajstić information content (AvgIpc) is 3.33. The number of carbonyl (C=O) groups excluding carboxylic acids is 2. The second-order valence-corrected chi connectivity index (χ2v) is 7.92. The van der Waals surface area contributed by atoms with Crippen molar-refractivity contribution in [3.8, 4) is 11.3 Å². The quantitative estimate of drug-likeness (QED) is 0.598. The van der Waals surface area contributed by atoms with Crippen molar-refractivity contribution in [2.45, 2.75) is 19.8 Å². The van der Waals surface area contributed by atoms with Crippen molar-refractivity contribution in [1.82, 2.24) is 4.98 Å². The minimum atomic E-state index is -0.515. The number of fused-ring (bicyclic) bond motifs is 1. The molecule has 0 fully saturated rings. The van der Waals surface area contributed by atoms with Gasteiger partial charge in [-0.3, -0.25) is 9.59 Å². The fourth-order valence-electron chi connectivity index (χ4n) is 3.36. The monoisotopic (exact) mass is 410 g/mol. The Bertz CT molecular complexity index is 1060. The third-order valence-corrected chi connectivity index (χ3v) is 5.58. The smallest absolute Gasteiger partial charge is 0.310 e. The molecule has 0 bridgehead atoms. The van der Waals surface area contributed by atoms with Crippen molar-refractivity contribution in [3.05, 3.63) is 69.8 Å². The van der Waals surface area contributed by atoms with Crippen LogP contribution in [0.3, 0.4) is 0 Å². The highest BCUT2D eigenvalue weighted by Crippen LogP contribution is 2.32. The van der Waals surface area contributed by atoms with E-state index in [4.69, 9.17) is 4.74 Å². The van der Waals surface area contributed by atoms with E-state index in [1.54, 1.807) is 16.2 Å². The molecule has 29 heavy (non-hydrogen) atoms. The Morgan fingerprint density at radius 2 is 2.00 bits per heavy atom. The second-order valence-electron chi connectivity index (χ2n) is 6.85. The van der Waals surface area contributed by atoms with E-state index >= 15 is 0 Å². The van der Waals surface area contributed by atoms with Gasteiger partial charge in [-0.1, -0.05) is 18.2 Å². The fourth-order valence-corrected chi connectivity index (χ4v) is 3.98. The van der Waals surface area contributed by atoms with Crippen LogP contribution in [0.2, 0.25) is 0 Å². The summed E-state index contributed by atoms with van der Waals surface area (Å²) in [5, 5.41) is 3.04. The Morgan fingerprint density at radius 3 is 2.72 bits per heavy atom. The predicted molar refractivity (Wildman–Crippen MR) is 109 cm³/mol. The number of hydrogen-bond donors (Lipinski definition) is 0. The van der Waals surface area contributed by atoms with Gasteiger partial charge < -0.3 is 9.64 Å². The van der Waals surface area contributed by atoms with Crippen LogP contribution in [-0.4, -0.2) is 30.0 Å². The van der Waals surface area contributed by atoms with Crippen molar-refractivity contribution >= 4 is 28.9 Å². The molecule has 0 N–H and O–H groups in total. The van der Waals surface area contributed by atoms with Gasteiger partial charge in [0.2, 0.25) is 0 Å². The van der Waals surface area contributed by atoms with E-state index in [0.717, 1.165) is 33.9 Å². The molecular formula is C22H19FN2O3S. The van der Waals surface area contributed by atoms with E-state index < -0.39 is 5.97 Å². The van der Waals surface area contributed by atoms with Gasteiger partial charge in [-0.05, 0) is 48.7 Å². The molecule has 0 saturated carbocycles. The van der Waals surface area contributed by atoms with Gasteiger partial charge in [-0.15, -0.1) is 11.3 Å². The number of aromatic nitrogens is 1. The van der Waals surface area contributed by atoms with Crippen LogP contribution in [0.5, 0.6) is 0 Å². The van der Waals surface area contributed by atoms with Gasteiger partial charge in [-0.2, -0.15) is 0 Å². The summed E-state index contributed by atoms with van der Waals surface area (Å²) in [6, 6.07) is 11.6. The van der Waals surface area contributed by atoms with E-state index in [1.807, 2.05) is 24.4 Å². The molecule has 0 aliphatic carbocycles. The Balaban J connectivity index is 1.37. The van der Waals surface area contributed by atoms with Gasteiger partial charge in [0.05, 0.1) is 17.1 Å². The first-order chi connectivity index (χ1) is 14.0. The van der Waals surface area contributed by atoms with Crippen LogP contribution >= 0.6 is 11.3 Å². The molecule has 1 aliphatic heterocycles. The number of hydrogen-bond acceptors (Lipinski definition) is 5. The van der Waals surface area contributed by atoms with E-state index in [-0.39, 0.29) is 24.8 Å². The predicted octanol–water partition coefficient (Wildman–Crippen LogP) is 3.93. The van der Waals surface area contributed by atoms with Gasteiger partial charge in [0.15, 0.2) is 6.61 Å². The van der Waals surface area contributed by atoms with Crippen molar-refractivity contribution in [3.63, 3.8) is 0 Å². The van der Waals surface area contributed by atoms with Crippen LogP contribution < -0.4 is 4.90 Å². The fraction of sp³-hybridized carbons (Fsp3) is 0.227. The normalized spacial score (nSPS) is 12.7. The lowest BCUT2D eigenvalue weighted by molar-refractivity contribution is -0.147. The molecule has 0 spiro atoms. The highest BCUT2D eigenvalue weighted by molar-refractivity contribution is 7.09. The zero-order valence-corrected chi connectivity index (χ0v) is 16.7. The van der Waals surface area contributed by atoms with Crippen LogP contribution in [-0.2, 0) is 27.2 Å². The average molecular weight is 410 g/mol. The molecule has 0 atom stereocenters. The third kappa shape index (κ3) is 4.35. The number of aryl methyl sites for hydroxylation is 1. The molecule has 1 amide bonds. The van der Waals surface area contributed by atoms with Gasteiger partial charge in [0, 0.05) is 23.2 Å². The van der Waals surface area contributed by atoms with Crippen molar-refractivity contribution in [2.75, 3.05) is 18.1 Å². The summed E-state index contributed by atoms with van der Waals surface area (Å²) in [7, 11) is 0. The van der Waals surface area contributed by atoms with E-state index in [2.05, 4.69) is 11.1 Å². The Labute approximate surface area is 171 Å². The molecule has 0 unspecified atom stereocenters. The number of rotatable bonds is 5. The molecule has 148 valence electrons. The SMILES string of the molecule is Cc1nc(-c2ccc3c(c2)CCN3C(=O)COC(=O)Cc2ccc(F)cc2)cs1. The van der Waals surface area contributed by atoms with Crippen LogP contribution in [0.1, 0.15) is 16.1 Å². The summed E-state index contributed by atoms with van der Waals surface area (Å²) in [6.45, 7) is 2.22. The number of amides is 1. The zero-order chi connectivity index (χ0) is 20.4. The first-order valence-corrected chi connectivity index (χ1v) is 10.1. The summed E-state index contributed by atoms with van der Waals surface area (Å²) in [6.07, 6.45) is 0.752. The number of ether oxygens (including phenoxy) is 1. The Kier molecular flexibility index (Phi) is 5.40. The molecule has 3 aromatic rings. The van der Waals surface area contributed by atoms with Crippen LogP contribution in [0.25, 0.3) is 11.3 Å². The van der Waals surface area contributed by atoms with Crippen LogP contribution in [0.15, 0.2) is 47.8 Å². The van der Waals surface area contributed by atoms with Crippen molar-refractivity contribution < 1.29 is 18.7 Å². The standard InChI is InChI=1S/C22H19FN2O3S/c1-14-24-19(13-29-14)16-4-7-20-17(11-16)8-9-25(20)21(26)12-28-22(27)10-15-2-5-18(23)6-3-15/h2-7,11,13H,8-10,12H2,1H3. The minimum Gasteiger partial charge on any atom is -0.455 e. The zero-order valence-electron chi connectivity index (χ0n) is 15.9. The van der Waals surface area contributed by atoms with E-state index in [0.29, 0.717) is 12.1 Å². The minimum absolute atomic E-state index is 0.000560. The third-order valence-electron chi connectivity index (χ3n) is 4.81. The van der Waals surface area contributed by atoms with Crippen LogP contribution in [0, 0.1) is 12.7 Å². The maximum absolute atomic E-state index is 12.9. The lowest BCUT2D eigenvalue weighted by Gasteiger charge is -2.17. The summed E-state index contributed by atoms with van der Waals surface area (Å²) in [5.74, 6) is -1.13. The van der Waals surface area contributed by atoms with Crippen molar-refractivity contribution in [2.24, 2.45) is 0 Å².